The summed E-state index contributed by atoms with van der Waals surface area (Å²) in [5, 5.41) is 0.555. The second-order valence-corrected chi connectivity index (χ2v) is 7.72. The van der Waals surface area contributed by atoms with Crippen molar-refractivity contribution >= 4 is 41.0 Å². The zero-order chi connectivity index (χ0) is 21.6. The summed E-state index contributed by atoms with van der Waals surface area (Å²) in [6.45, 7) is 4.41. The van der Waals surface area contributed by atoms with Crippen LogP contribution in [-0.4, -0.2) is 67.0 Å². The zero-order valence-corrected chi connectivity index (χ0v) is 18.3. The smallest absolute Gasteiger partial charge is 0.310 e. The van der Waals surface area contributed by atoms with Gasteiger partial charge in [0.2, 0.25) is 5.91 Å². The van der Waals surface area contributed by atoms with Gasteiger partial charge in [0.1, 0.15) is 10.8 Å². The molecule has 0 spiro atoms. The van der Waals surface area contributed by atoms with Crippen molar-refractivity contribution in [1.82, 2.24) is 9.80 Å². The van der Waals surface area contributed by atoms with Crippen molar-refractivity contribution in [2.24, 2.45) is 5.92 Å². The summed E-state index contributed by atoms with van der Waals surface area (Å²) in [6.07, 6.45) is 0.569. The first-order valence-corrected chi connectivity index (χ1v) is 10.3. The van der Waals surface area contributed by atoms with Gasteiger partial charge in [0, 0.05) is 20.1 Å². The van der Waals surface area contributed by atoms with Gasteiger partial charge in [-0.05, 0) is 38.8 Å². The number of likely N-dealkylation sites (N-methyl/N-ethyl adjacent to an activating group) is 1. The molecule has 1 aliphatic rings. The van der Waals surface area contributed by atoms with Crippen LogP contribution >= 0.6 is 23.2 Å². The first kappa shape index (κ1) is 23.3. The van der Waals surface area contributed by atoms with Gasteiger partial charge in [-0.15, -0.1) is 0 Å². The van der Waals surface area contributed by atoms with Gasteiger partial charge in [-0.3, -0.25) is 14.4 Å². The molecule has 2 amide bonds. The number of hydrogen-bond acceptors (Lipinski definition) is 5. The predicted molar refractivity (Wildman–Crippen MR) is 110 cm³/mol. The van der Waals surface area contributed by atoms with E-state index < -0.39 is 6.10 Å². The Labute approximate surface area is 180 Å². The molecule has 2 rings (SSSR count). The molecule has 1 saturated heterocycles. The molecule has 1 heterocycles. The number of rotatable bonds is 7. The molecular formula is C20H26Cl2N2O5. The van der Waals surface area contributed by atoms with Crippen molar-refractivity contribution in [3.63, 3.8) is 0 Å². The van der Waals surface area contributed by atoms with Crippen LogP contribution in [0.2, 0.25) is 10.0 Å². The average molecular weight is 445 g/mol. The number of hydrogen-bond donors (Lipinski definition) is 0. The van der Waals surface area contributed by atoms with E-state index in [0.29, 0.717) is 36.9 Å². The molecule has 2 atom stereocenters. The largest absolute Gasteiger partial charge is 0.479 e. The lowest BCUT2D eigenvalue weighted by Gasteiger charge is -2.33. The number of ether oxygens (including phenoxy) is 2. The Morgan fingerprint density at radius 1 is 1.31 bits per heavy atom. The molecule has 2 unspecified atom stereocenters. The van der Waals surface area contributed by atoms with Gasteiger partial charge in [0.15, 0.2) is 6.10 Å². The molecule has 29 heavy (non-hydrogen) atoms. The van der Waals surface area contributed by atoms with Crippen LogP contribution in [0.15, 0.2) is 18.2 Å². The standard InChI is InChI=1S/C20H26Cl2N2O5/c1-4-28-20(27)14-7-6-10-24(11-14)17(25)12-23(3)19(26)13(2)29-16-9-5-8-15(21)18(16)22/h5,8-9,13-14H,4,6-7,10-12H2,1-3H3. The number of nitrogens with zero attached hydrogens (tertiary/aromatic N) is 2. The minimum atomic E-state index is -0.850. The van der Waals surface area contributed by atoms with Gasteiger partial charge in [-0.1, -0.05) is 29.3 Å². The quantitative estimate of drug-likeness (QED) is 0.604. The highest BCUT2D eigenvalue weighted by molar-refractivity contribution is 6.42. The van der Waals surface area contributed by atoms with Crippen molar-refractivity contribution in [2.75, 3.05) is 33.3 Å². The Bertz CT molecular complexity index is 758. The van der Waals surface area contributed by atoms with E-state index in [0.717, 1.165) is 6.42 Å². The molecule has 1 aromatic rings. The van der Waals surface area contributed by atoms with Gasteiger partial charge in [0.05, 0.1) is 24.1 Å². The lowest BCUT2D eigenvalue weighted by atomic mass is 9.98. The SMILES string of the molecule is CCOC(=O)C1CCCN(C(=O)CN(C)C(=O)C(C)Oc2cccc(Cl)c2Cl)C1. The molecule has 1 aliphatic heterocycles. The van der Waals surface area contributed by atoms with E-state index in [2.05, 4.69) is 0 Å². The molecule has 0 bridgehead atoms. The molecule has 0 aromatic heterocycles. The molecule has 0 aliphatic carbocycles. The molecular weight excluding hydrogens is 419 g/mol. The molecule has 1 fully saturated rings. The molecule has 0 N–H and O–H groups in total. The second kappa shape index (κ2) is 10.7. The lowest BCUT2D eigenvalue weighted by molar-refractivity contribution is -0.152. The second-order valence-electron chi connectivity index (χ2n) is 6.94. The molecule has 9 heteroatoms. The summed E-state index contributed by atoms with van der Waals surface area (Å²) in [7, 11) is 1.53. The van der Waals surface area contributed by atoms with Gasteiger partial charge in [-0.25, -0.2) is 0 Å². The Morgan fingerprint density at radius 3 is 2.72 bits per heavy atom. The van der Waals surface area contributed by atoms with Gasteiger partial charge >= 0.3 is 5.97 Å². The minimum Gasteiger partial charge on any atom is -0.479 e. The number of amides is 2. The van der Waals surface area contributed by atoms with Crippen LogP contribution in [0.5, 0.6) is 5.75 Å². The van der Waals surface area contributed by atoms with Crippen LogP contribution in [0.1, 0.15) is 26.7 Å². The maximum Gasteiger partial charge on any atom is 0.310 e. The highest BCUT2D eigenvalue weighted by Gasteiger charge is 2.31. The van der Waals surface area contributed by atoms with Gasteiger partial charge in [-0.2, -0.15) is 0 Å². The van der Waals surface area contributed by atoms with Crippen LogP contribution < -0.4 is 4.74 Å². The Morgan fingerprint density at radius 2 is 2.03 bits per heavy atom. The van der Waals surface area contributed by atoms with Crippen LogP contribution in [0.4, 0.5) is 0 Å². The van der Waals surface area contributed by atoms with Crippen molar-refractivity contribution < 1.29 is 23.9 Å². The Kier molecular flexibility index (Phi) is 8.59. The Balaban J connectivity index is 1.91. The number of carbonyl (C=O) groups excluding carboxylic acids is 3. The third kappa shape index (κ3) is 6.24. The van der Waals surface area contributed by atoms with E-state index >= 15 is 0 Å². The number of esters is 1. The fraction of sp³-hybridized carbons (Fsp3) is 0.550. The van der Waals surface area contributed by atoms with Crippen LogP contribution in [0.25, 0.3) is 0 Å². The molecule has 160 valence electrons. The molecule has 0 radical (unpaired) electrons. The highest BCUT2D eigenvalue weighted by Crippen LogP contribution is 2.32. The number of halogens is 2. The van der Waals surface area contributed by atoms with Gasteiger partial charge in [0.25, 0.3) is 5.91 Å². The van der Waals surface area contributed by atoms with E-state index in [4.69, 9.17) is 32.7 Å². The van der Waals surface area contributed by atoms with Crippen molar-refractivity contribution in [3.8, 4) is 5.75 Å². The fourth-order valence-corrected chi connectivity index (χ4v) is 3.50. The van der Waals surface area contributed by atoms with E-state index in [-0.39, 0.29) is 35.3 Å². The number of carbonyl (C=O) groups is 3. The van der Waals surface area contributed by atoms with Crippen LogP contribution in [0, 0.1) is 5.92 Å². The van der Waals surface area contributed by atoms with Crippen molar-refractivity contribution in [1.29, 1.82) is 0 Å². The minimum absolute atomic E-state index is 0.106. The monoisotopic (exact) mass is 444 g/mol. The van der Waals surface area contributed by atoms with E-state index in [9.17, 15) is 14.4 Å². The summed E-state index contributed by atoms with van der Waals surface area (Å²) in [5.74, 6) is -0.889. The number of benzene rings is 1. The molecule has 7 nitrogen and oxygen atoms in total. The summed E-state index contributed by atoms with van der Waals surface area (Å²) in [6, 6.07) is 4.91. The third-order valence-corrected chi connectivity index (χ3v) is 5.51. The van der Waals surface area contributed by atoms with E-state index in [1.807, 2.05) is 0 Å². The number of piperidine rings is 1. The lowest BCUT2D eigenvalue weighted by Crippen LogP contribution is -2.48. The van der Waals surface area contributed by atoms with Crippen LogP contribution in [0.3, 0.4) is 0 Å². The summed E-state index contributed by atoms with van der Waals surface area (Å²) in [4.78, 5) is 40.1. The summed E-state index contributed by atoms with van der Waals surface area (Å²) >= 11 is 12.0. The third-order valence-electron chi connectivity index (χ3n) is 4.71. The maximum atomic E-state index is 12.6. The summed E-state index contributed by atoms with van der Waals surface area (Å²) in [5.41, 5.74) is 0. The molecule has 1 aromatic carbocycles. The Hall–Kier alpha value is -1.99. The number of likely N-dealkylation sites (tertiary alicyclic amines) is 1. The van der Waals surface area contributed by atoms with Crippen molar-refractivity contribution in [2.45, 2.75) is 32.8 Å². The topological polar surface area (TPSA) is 76.2 Å². The van der Waals surface area contributed by atoms with Crippen molar-refractivity contribution in [3.05, 3.63) is 28.2 Å². The zero-order valence-electron chi connectivity index (χ0n) is 16.8. The maximum absolute atomic E-state index is 12.6. The predicted octanol–water partition coefficient (Wildman–Crippen LogP) is 3.02. The van der Waals surface area contributed by atoms with E-state index in [1.165, 1.54) is 11.9 Å². The highest BCUT2D eigenvalue weighted by atomic mass is 35.5. The average Bonchev–Trinajstić information content (AvgIpc) is 2.71. The first-order valence-electron chi connectivity index (χ1n) is 9.54. The normalized spacial score (nSPS) is 17.4. The van der Waals surface area contributed by atoms with E-state index in [1.54, 1.807) is 36.9 Å². The first-order chi connectivity index (χ1) is 13.7. The fourth-order valence-electron chi connectivity index (χ4n) is 3.16. The molecule has 0 saturated carbocycles. The summed E-state index contributed by atoms with van der Waals surface area (Å²) < 4.78 is 10.7. The van der Waals surface area contributed by atoms with Crippen LogP contribution in [-0.2, 0) is 19.1 Å². The van der Waals surface area contributed by atoms with Gasteiger partial charge < -0.3 is 19.3 Å².